The zero-order valence-corrected chi connectivity index (χ0v) is 19.8. The number of ether oxygens (including phenoxy) is 1. The van der Waals surface area contributed by atoms with Crippen LogP contribution in [0.3, 0.4) is 0 Å². The SMILES string of the molecule is CC(C)N1CCN(c2cccc(C#N)c2NC(=O)N2CCC(C)(Oc3ccccc3)C2)CC1. The minimum atomic E-state index is -0.441. The van der Waals surface area contributed by atoms with Crippen LogP contribution < -0.4 is 15.0 Å². The van der Waals surface area contributed by atoms with Crippen molar-refractivity contribution in [2.75, 3.05) is 49.5 Å². The Labute approximate surface area is 196 Å². The van der Waals surface area contributed by atoms with Crippen molar-refractivity contribution in [2.45, 2.75) is 38.8 Å². The Kier molecular flexibility index (Phi) is 6.75. The van der Waals surface area contributed by atoms with Gasteiger partial charge in [-0.25, -0.2) is 4.79 Å². The van der Waals surface area contributed by atoms with Gasteiger partial charge in [0.15, 0.2) is 0 Å². The maximum Gasteiger partial charge on any atom is 0.322 e. The van der Waals surface area contributed by atoms with Gasteiger partial charge in [0, 0.05) is 45.2 Å². The number of carbonyl (C=O) groups is 1. The summed E-state index contributed by atoms with van der Waals surface area (Å²) >= 11 is 0. The molecule has 0 radical (unpaired) electrons. The number of benzene rings is 2. The molecule has 1 atom stereocenters. The number of hydrogen-bond acceptors (Lipinski definition) is 5. The van der Waals surface area contributed by atoms with Gasteiger partial charge in [-0.3, -0.25) is 4.90 Å². The summed E-state index contributed by atoms with van der Waals surface area (Å²) in [6, 6.07) is 17.9. The van der Waals surface area contributed by atoms with Gasteiger partial charge in [-0.1, -0.05) is 24.3 Å². The van der Waals surface area contributed by atoms with Crippen molar-refractivity contribution in [3.63, 3.8) is 0 Å². The number of amides is 2. The van der Waals surface area contributed by atoms with Crippen LogP contribution in [-0.2, 0) is 0 Å². The number of piperazine rings is 1. The first-order valence-electron chi connectivity index (χ1n) is 11.7. The molecule has 2 saturated heterocycles. The molecule has 2 amide bonds. The number of likely N-dealkylation sites (tertiary alicyclic amines) is 1. The fourth-order valence-electron chi connectivity index (χ4n) is 4.66. The molecular formula is C26H33N5O2. The first-order chi connectivity index (χ1) is 15.9. The molecule has 0 aromatic heterocycles. The summed E-state index contributed by atoms with van der Waals surface area (Å²) in [5.74, 6) is 0.805. The highest BCUT2D eigenvalue weighted by Gasteiger charge is 2.38. The number of urea groups is 1. The number of rotatable bonds is 5. The first-order valence-corrected chi connectivity index (χ1v) is 11.7. The number of nitrogens with one attached hydrogen (secondary N) is 1. The Morgan fingerprint density at radius 2 is 1.79 bits per heavy atom. The van der Waals surface area contributed by atoms with Gasteiger partial charge < -0.3 is 19.9 Å². The molecule has 174 valence electrons. The van der Waals surface area contributed by atoms with Gasteiger partial charge in [0.05, 0.1) is 23.5 Å². The number of anilines is 2. The lowest BCUT2D eigenvalue weighted by Crippen LogP contribution is -2.49. The van der Waals surface area contributed by atoms with Gasteiger partial charge >= 0.3 is 6.03 Å². The summed E-state index contributed by atoms with van der Waals surface area (Å²) in [5, 5.41) is 12.8. The monoisotopic (exact) mass is 447 g/mol. The van der Waals surface area contributed by atoms with Crippen LogP contribution in [0.15, 0.2) is 48.5 Å². The molecule has 2 aromatic carbocycles. The highest BCUT2D eigenvalue weighted by atomic mass is 16.5. The van der Waals surface area contributed by atoms with E-state index >= 15 is 0 Å². The smallest absolute Gasteiger partial charge is 0.322 e. The fraction of sp³-hybridized carbons (Fsp3) is 0.462. The minimum Gasteiger partial charge on any atom is -0.486 e. The van der Waals surface area contributed by atoms with Gasteiger partial charge in [0.2, 0.25) is 0 Å². The molecule has 2 aliphatic rings. The predicted octanol–water partition coefficient (Wildman–Crippen LogP) is 4.16. The third kappa shape index (κ3) is 5.23. The summed E-state index contributed by atoms with van der Waals surface area (Å²) in [6.45, 7) is 11.2. The summed E-state index contributed by atoms with van der Waals surface area (Å²) in [4.78, 5) is 19.7. The Bertz CT molecular complexity index is 1010. The van der Waals surface area contributed by atoms with E-state index < -0.39 is 5.60 Å². The molecule has 7 heteroatoms. The van der Waals surface area contributed by atoms with E-state index in [-0.39, 0.29) is 6.03 Å². The number of para-hydroxylation sites is 2. The quantitative estimate of drug-likeness (QED) is 0.745. The molecule has 33 heavy (non-hydrogen) atoms. The molecule has 0 spiro atoms. The molecule has 4 rings (SSSR count). The summed E-state index contributed by atoms with van der Waals surface area (Å²) in [7, 11) is 0. The molecule has 2 aliphatic heterocycles. The van der Waals surface area contributed by atoms with Crippen molar-refractivity contribution in [2.24, 2.45) is 0 Å². The van der Waals surface area contributed by atoms with E-state index in [2.05, 4.69) is 35.0 Å². The van der Waals surface area contributed by atoms with Crippen LogP contribution >= 0.6 is 0 Å². The summed E-state index contributed by atoms with van der Waals surface area (Å²) in [6.07, 6.45) is 0.749. The lowest BCUT2D eigenvalue weighted by Gasteiger charge is -2.39. The Morgan fingerprint density at radius 1 is 1.06 bits per heavy atom. The van der Waals surface area contributed by atoms with Crippen molar-refractivity contribution in [3.05, 3.63) is 54.1 Å². The lowest BCUT2D eigenvalue weighted by atomic mass is 10.1. The summed E-state index contributed by atoms with van der Waals surface area (Å²) < 4.78 is 6.20. The third-order valence-electron chi connectivity index (χ3n) is 6.61. The van der Waals surface area contributed by atoms with Crippen molar-refractivity contribution < 1.29 is 9.53 Å². The van der Waals surface area contributed by atoms with Crippen LogP contribution in [0.2, 0.25) is 0 Å². The Morgan fingerprint density at radius 3 is 2.45 bits per heavy atom. The summed E-state index contributed by atoms with van der Waals surface area (Å²) in [5.41, 5.74) is 1.55. The molecule has 2 fully saturated rings. The van der Waals surface area contributed by atoms with E-state index in [9.17, 15) is 10.1 Å². The van der Waals surface area contributed by atoms with Crippen LogP contribution in [0.25, 0.3) is 0 Å². The molecule has 2 aromatic rings. The molecule has 0 aliphatic carbocycles. The van der Waals surface area contributed by atoms with Crippen molar-refractivity contribution in [3.8, 4) is 11.8 Å². The predicted molar refractivity (Wildman–Crippen MR) is 131 cm³/mol. The molecule has 1 unspecified atom stereocenters. The highest BCUT2D eigenvalue weighted by molar-refractivity contribution is 5.95. The average molecular weight is 448 g/mol. The topological polar surface area (TPSA) is 71.8 Å². The fourth-order valence-corrected chi connectivity index (χ4v) is 4.66. The second-order valence-corrected chi connectivity index (χ2v) is 9.39. The minimum absolute atomic E-state index is 0.194. The molecule has 7 nitrogen and oxygen atoms in total. The van der Waals surface area contributed by atoms with Gasteiger partial charge in [-0.05, 0) is 45.0 Å². The highest BCUT2D eigenvalue weighted by Crippen LogP contribution is 2.32. The van der Waals surface area contributed by atoms with Crippen LogP contribution in [0, 0.1) is 11.3 Å². The van der Waals surface area contributed by atoms with Crippen molar-refractivity contribution >= 4 is 17.4 Å². The van der Waals surface area contributed by atoms with Crippen LogP contribution in [-0.4, -0.2) is 66.7 Å². The number of hydrogen-bond donors (Lipinski definition) is 1. The Hall–Kier alpha value is -3.24. The van der Waals surface area contributed by atoms with Gasteiger partial charge in [-0.15, -0.1) is 0 Å². The van der Waals surface area contributed by atoms with Crippen LogP contribution in [0.5, 0.6) is 5.75 Å². The normalized spacial score (nSPS) is 21.2. The maximum atomic E-state index is 13.2. The lowest BCUT2D eigenvalue weighted by molar-refractivity contribution is 0.100. The van der Waals surface area contributed by atoms with E-state index in [1.165, 1.54) is 0 Å². The zero-order chi connectivity index (χ0) is 23.4. The number of nitriles is 1. The standard InChI is InChI=1S/C26H33N5O2/c1-20(2)29-14-16-30(17-15-29)23-11-7-8-21(18-27)24(23)28-25(32)31-13-12-26(3,19-31)33-22-9-5-4-6-10-22/h4-11,20H,12-17,19H2,1-3H3,(H,28,32). The Balaban J connectivity index is 1.46. The first kappa shape index (κ1) is 22.9. The number of nitrogens with zero attached hydrogens (tertiary/aromatic N) is 4. The van der Waals surface area contributed by atoms with E-state index in [0.717, 1.165) is 44.0 Å². The molecule has 1 N–H and O–H groups in total. The van der Waals surface area contributed by atoms with E-state index in [1.807, 2.05) is 49.4 Å². The van der Waals surface area contributed by atoms with E-state index in [0.29, 0.717) is 30.4 Å². The maximum absolute atomic E-state index is 13.2. The van der Waals surface area contributed by atoms with Crippen LogP contribution in [0.4, 0.5) is 16.2 Å². The zero-order valence-electron chi connectivity index (χ0n) is 19.8. The second-order valence-electron chi connectivity index (χ2n) is 9.39. The van der Waals surface area contributed by atoms with E-state index in [1.54, 1.807) is 11.0 Å². The molecule has 0 bridgehead atoms. The molecule has 0 saturated carbocycles. The van der Waals surface area contributed by atoms with Crippen molar-refractivity contribution in [1.29, 1.82) is 5.26 Å². The van der Waals surface area contributed by atoms with Gasteiger partial charge in [0.25, 0.3) is 0 Å². The van der Waals surface area contributed by atoms with Crippen LogP contribution in [0.1, 0.15) is 32.8 Å². The van der Waals surface area contributed by atoms with Crippen molar-refractivity contribution in [1.82, 2.24) is 9.80 Å². The van der Waals surface area contributed by atoms with Gasteiger partial charge in [0.1, 0.15) is 17.4 Å². The van der Waals surface area contributed by atoms with E-state index in [4.69, 9.17) is 4.74 Å². The molecule has 2 heterocycles. The average Bonchev–Trinajstić information content (AvgIpc) is 3.21. The third-order valence-corrected chi connectivity index (χ3v) is 6.61. The van der Waals surface area contributed by atoms with Gasteiger partial charge in [-0.2, -0.15) is 5.26 Å². The number of carbonyl (C=O) groups excluding carboxylic acids is 1. The second kappa shape index (κ2) is 9.72. The molecular weight excluding hydrogens is 414 g/mol. The largest absolute Gasteiger partial charge is 0.486 e.